The van der Waals surface area contributed by atoms with Crippen LogP contribution in [0.15, 0.2) is 82.6 Å². The van der Waals surface area contributed by atoms with E-state index in [2.05, 4.69) is 10.3 Å². The molecule has 4 aromatic rings. The van der Waals surface area contributed by atoms with Crippen LogP contribution < -0.4 is 19.8 Å². The average molecular weight is 572 g/mol. The van der Waals surface area contributed by atoms with Crippen molar-refractivity contribution in [1.29, 1.82) is 0 Å². The number of ether oxygens (including phenoxy) is 1. The van der Waals surface area contributed by atoms with Gasteiger partial charge in [-0.2, -0.15) is 0 Å². The van der Waals surface area contributed by atoms with Crippen molar-refractivity contribution in [2.75, 3.05) is 16.8 Å². The van der Waals surface area contributed by atoms with E-state index in [4.69, 9.17) is 4.74 Å². The Morgan fingerprint density at radius 1 is 0.950 bits per heavy atom. The highest BCUT2D eigenvalue weighted by Crippen LogP contribution is 2.53. The highest BCUT2D eigenvalue weighted by atomic mass is 32.2. The Morgan fingerprint density at radius 2 is 1.73 bits per heavy atom. The molecular formula is C30H25N3O5S2. The van der Waals surface area contributed by atoms with E-state index in [9.17, 15) is 19.2 Å². The Balaban J connectivity index is 1.29. The molecule has 3 amide bonds. The highest BCUT2D eigenvalue weighted by Gasteiger charge is 2.56. The van der Waals surface area contributed by atoms with Gasteiger partial charge in [-0.05, 0) is 61.4 Å². The van der Waals surface area contributed by atoms with Crippen molar-refractivity contribution in [3.63, 3.8) is 0 Å². The monoisotopic (exact) mass is 571 g/mol. The summed E-state index contributed by atoms with van der Waals surface area (Å²) in [6, 6.07) is 21.9. The summed E-state index contributed by atoms with van der Waals surface area (Å²) in [5, 5.41) is 2.75. The molecule has 8 nitrogen and oxygen atoms in total. The topological polar surface area (TPSA) is 109 Å². The molecule has 3 atom stereocenters. The molecule has 202 valence electrons. The number of thioether (sulfide) groups is 1. The molecular weight excluding hydrogens is 546 g/mol. The molecule has 0 unspecified atom stereocenters. The number of hydrogen-bond acceptors (Lipinski definition) is 7. The van der Waals surface area contributed by atoms with Gasteiger partial charge in [-0.25, -0.2) is 4.90 Å². The van der Waals surface area contributed by atoms with Crippen LogP contribution in [-0.4, -0.2) is 34.6 Å². The number of carbonyl (C=O) groups excluding carboxylic acids is 3. The van der Waals surface area contributed by atoms with Gasteiger partial charge in [0.15, 0.2) is 6.61 Å². The van der Waals surface area contributed by atoms with Crippen molar-refractivity contribution < 1.29 is 19.1 Å². The molecule has 2 aliphatic rings. The summed E-state index contributed by atoms with van der Waals surface area (Å²) in [5.74, 6) is -1.68. The number of amides is 3. The molecule has 0 radical (unpaired) electrons. The number of benzene rings is 3. The number of anilines is 2. The lowest BCUT2D eigenvalue weighted by atomic mass is 9.83. The molecule has 3 heterocycles. The average Bonchev–Trinajstić information content (AvgIpc) is 3.42. The maximum Gasteiger partial charge on any atom is 0.305 e. The first-order valence-electron chi connectivity index (χ1n) is 12.7. The van der Waals surface area contributed by atoms with Gasteiger partial charge >= 0.3 is 4.87 Å². The molecule has 0 bridgehead atoms. The van der Waals surface area contributed by atoms with Gasteiger partial charge in [-0.15, -0.1) is 0 Å². The van der Waals surface area contributed by atoms with Crippen LogP contribution in [0.3, 0.4) is 0 Å². The smallest absolute Gasteiger partial charge is 0.305 e. The quantitative estimate of drug-likeness (QED) is 0.320. The number of nitrogens with zero attached hydrogens (tertiary/aromatic N) is 1. The number of hydrogen-bond donors (Lipinski definition) is 2. The third-order valence-corrected chi connectivity index (χ3v) is 9.41. The number of imide groups is 1. The molecule has 1 aromatic heterocycles. The van der Waals surface area contributed by atoms with Gasteiger partial charge in [-0.3, -0.25) is 19.2 Å². The number of aromatic amines is 1. The van der Waals surface area contributed by atoms with Crippen LogP contribution in [0.25, 0.3) is 0 Å². The van der Waals surface area contributed by atoms with E-state index in [1.807, 2.05) is 56.3 Å². The van der Waals surface area contributed by atoms with Crippen LogP contribution in [0, 0.1) is 19.8 Å². The number of thiazole rings is 1. The van der Waals surface area contributed by atoms with Gasteiger partial charge in [0.25, 0.3) is 5.91 Å². The first kappa shape index (κ1) is 26.1. The van der Waals surface area contributed by atoms with E-state index in [0.29, 0.717) is 22.2 Å². The Kier molecular flexibility index (Phi) is 6.81. The van der Waals surface area contributed by atoms with Crippen LogP contribution in [0.1, 0.15) is 27.5 Å². The zero-order chi connectivity index (χ0) is 28.0. The van der Waals surface area contributed by atoms with Crippen LogP contribution in [0.5, 0.6) is 5.75 Å². The predicted molar refractivity (Wildman–Crippen MR) is 155 cm³/mol. The largest absolute Gasteiger partial charge is 0.484 e. The number of nitrogens with one attached hydrogen (secondary N) is 2. The Labute approximate surface area is 238 Å². The first-order chi connectivity index (χ1) is 19.3. The number of aryl methyl sites for hydroxylation is 2. The molecule has 1 fully saturated rings. The zero-order valence-electron chi connectivity index (χ0n) is 21.7. The molecule has 3 aromatic carbocycles. The molecule has 0 aliphatic carbocycles. The third kappa shape index (κ3) is 4.84. The summed E-state index contributed by atoms with van der Waals surface area (Å²) in [4.78, 5) is 56.9. The molecule has 6 rings (SSSR count). The van der Waals surface area contributed by atoms with Crippen molar-refractivity contribution in [3.05, 3.63) is 104 Å². The fourth-order valence-electron chi connectivity index (χ4n) is 5.19. The van der Waals surface area contributed by atoms with E-state index in [1.54, 1.807) is 30.3 Å². The number of H-pyrrole nitrogens is 1. The summed E-state index contributed by atoms with van der Waals surface area (Å²) in [7, 11) is 0. The van der Waals surface area contributed by atoms with Gasteiger partial charge in [0.2, 0.25) is 11.8 Å². The normalized spacial score (nSPS) is 19.8. The first-order valence-corrected chi connectivity index (χ1v) is 14.4. The van der Waals surface area contributed by atoms with Crippen LogP contribution in [0.2, 0.25) is 0 Å². The Hall–Kier alpha value is -4.15. The van der Waals surface area contributed by atoms with Gasteiger partial charge in [-0.1, -0.05) is 65.1 Å². The van der Waals surface area contributed by atoms with Crippen LogP contribution in [-0.2, 0) is 14.4 Å². The van der Waals surface area contributed by atoms with Crippen LogP contribution in [0.4, 0.5) is 11.4 Å². The molecule has 10 heteroatoms. The van der Waals surface area contributed by atoms with Crippen molar-refractivity contribution in [2.24, 2.45) is 5.92 Å². The summed E-state index contributed by atoms with van der Waals surface area (Å²) >= 11 is 2.29. The highest BCUT2D eigenvalue weighted by molar-refractivity contribution is 8.00. The lowest BCUT2D eigenvalue weighted by Gasteiger charge is -2.30. The molecule has 40 heavy (non-hydrogen) atoms. The second-order valence-corrected chi connectivity index (χ2v) is 12.0. The number of fused-ring (bicyclic) bond motifs is 2. The Bertz CT molecular complexity index is 1690. The van der Waals surface area contributed by atoms with Crippen molar-refractivity contribution in [2.45, 2.75) is 30.0 Å². The molecule has 1 saturated heterocycles. The SMILES string of the molecule is Cc1ccc(N2C(=O)[C@H]3[C@H](c4cccc(OCC(=O)Nc5cccc(C)c5)c4)c4sc(=O)[nH]c4S[C@H]3C2=O)cc1. The van der Waals surface area contributed by atoms with E-state index in [-0.39, 0.29) is 29.2 Å². The summed E-state index contributed by atoms with van der Waals surface area (Å²) in [6.45, 7) is 3.69. The second kappa shape index (κ2) is 10.4. The fourth-order valence-corrected chi connectivity index (χ4v) is 7.71. The Morgan fingerprint density at radius 3 is 2.50 bits per heavy atom. The van der Waals surface area contributed by atoms with Gasteiger partial charge in [0.1, 0.15) is 11.0 Å². The van der Waals surface area contributed by atoms with E-state index < -0.39 is 17.1 Å². The maximum absolute atomic E-state index is 13.9. The van der Waals surface area contributed by atoms with E-state index in [0.717, 1.165) is 32.9 Å². The van der Waals surface area contributed by atoms with E-state index >= 15 is 0 Å². The minimum Gasteiger partial charge on any atom is -0.484 e. The van der Waals surface area contributed by atoms with Gasteiger partial charge < -0.3 is 15.0 Å². The fraction of sp³-hybridized carbons (Fsp3) is 0.200. The van der Waals surface area contributed by atoms with Gasteiger partial charge in [0, 0.05) is 16.5 Å². The molecule has 0 spiro atoms. The lowest BCUT2D eigenvalue weighted by Crippen LogP contribution is -2.32. The van der Waals surface area contributed by atoms with Gasteiger partial charge in [0.05, 0.1) is 16.6 Å². The number of carbonyl (C=O) groups is 3. The summed E-state index contributed by atoms with van der Waals surface area (Å²) in [6.07, 6.45) is 0. The predicted octanol–water partition coefficient (Wildman–Crippen LogP) is 4.87. The van der Waals surface area contributed by atoms with E-state index in [1.165, 1.54) is 16.7 Å². The maximum atomic E-state index is 13.9. The molecule has 2 aliphatic heterocycles. The lowest BCUT2D eigenvalue weighted by molar-refractivity contribution is -0.122. The van der Waals surface area contributed by atoms with Crippen molar-refractivity contribution in [1.82, 2.24) is 4.98 Å². The number of aromatic nitrogens is 1. The second-order valence-electron chi connectivity index (χ2n) is 9.88. The summed E-state index contributed by atoms with van der Waals surface area (Å²) < 4.78 is 5.81. The van der Waals surface area contributed by atoms with Crippen molar-refractivity contribution >= 4 is 52.2 Å². The zero-order valence-corrected chi connectivity index (χ0v) is 23.3. The number of rotatable bonds is 6. The standard InChI is InChI=1S/C30H25N3O5S2/c1-16-9-11-20(12-10-16)33-28(35)24-23(25-27(32-30(37)40-25)39-26(24)29(33)36)18-6-4-8-21(14-18)38-15-22(34)31-19-7-3-5-17(2)13-19/h3-14,23-24,26H,15H2,1-2H3,(H,31,34)(H,32,37)/t23-,24-,26+/m0/s1. The summed E-state index contributed by atoms with van der Waals surface area (Å²) in [5.41, 5.74) is 4.00. The minimum atomic E-state index is -0.697. The third-order valence-electron chi connectivity index (χ3n) is 7.01. The molecule has 2 N–H and O–H groups in total. The minimum absolute atomic E-state index is 0.203. The van der Waals surface area contributed by atoms with Crippen LogP contribution >= 0.6 is 23.1 Å². The molecule has 0 saturated carbocycles. The van der Waals surface area contributed by atoms with Crippen molar-refractivity contribution in [3.8, 4) is 5.75 Å².